The Hall–Kier alpha value is -2.73. The van der Waals surface area contributed by atoms with Crippen molar-refractivity contribution in [2.45, 2.75) is 52.9 Å². The van der Waals surface area contributed by atoms with E-state index in [0.717, 1.165) is 36.3 Å². The topological polar surface area (TPSA) is 35.5 Å². The number of benzene rings is 2. The summed E-state index contributed by atoms with van der Waals surface area (Å²) in [6.07, 6.45) is 5.80. The van der Waals surface area contributed by atoms with E-state index in [9.17, 15) is 4.79 Å². The monoisotopic (exact) mass is 392 g/mol. The second-order valence-electron chi connectivity index (χ2n) is 7.37. The highest BCUT2D eigenvalue weighted by Crippen LogP contribution is 2.13. The molecule has 0 bridgehead atoms. The van der Waals surface area contributed by atoms with Crippen molar-refractivity contribution in [3.05, 3.63) is 65.2 Å². The molecule has 0 unspecified atom stereocenters. The molecule has 0 heterocycles. The van der Waals surface area contributed by atoms with Crippen LogP contribution in [0.3, 0.4) is 0 Å². The van der Waals surface area contributed by atoms with E-state index in [1.54, 1.807) is 12.1 Å². The maximum atomic E-state index is 12.0. The van der Waals surface area contributed by atoms with Crippen molar-refractivity contribution in [2.75, 3.05) is 13.2 Å². The van der Waals surface area contributed by atoms with Crippen molar-refractivity contribution < 1.29 is 14.3 Å². The van der Waals surface area contributed by atoms with Gasteiger partial charge in [0.05, 0.1) is 18.8 Å². The minimum absolute atomic E-state index is 0.282. The van der Waals surface area contributed by atoms with Gasteiger partial charge in [0, 0.05) is 11.1 Å². The number of ether oxygens (including phenoxy) is 2. The zero-order valence-corrected chi connectivity index (χ0v) is 17.9. The van der Waals surface area contributed by atoms with Crippen LogP contribution in [0.2, 0.25) is 0 Å². The first kappa shape index (κ1) is 22.6. The van der Waals surface area contributed by atoms with Crippen LogP contribution in [0, 0.1) is 17.8 Å². The van der Waals surface area contributed by atoms with E-state index in [1.165, 1.54) is 19.3 Å². The molecule has 154 valence electrons. The molecule has 0 spiro atoms. The molecule has 3 nitrogen and oxygen atoms in total. The van der Waals surface area contributed by atoms with Gasteiger partial charge in [0.15, 0.2) is 0 Å². The van der Waals surface area contributed by atoms with Gasteiger partial charge in [-0.15, -0.1) is 0 Å². The second-order valence-corrected chi connectivity index (χ2v) is 7.37. The first-order valence-corrected chi connectivity index (χ1v) is 10.6. The van der Waals surface area contributed by atoms with Gasteiger partial charge in [-0.1, -0.05) is 58.3 Å². The zero-order chi connectivity index (χ0) is 20.9. The molecule has 0 aliphatic rings. The van der Waals surface area contributed by atoms with E-state index in [4.69, 9.17) is 9.47 Å². The second kappa shape index (κ2) is 12.7. The van der Waals surface area contributed by atoms with E-state index in [1.807, 2.05) is 36.4 Å². The van der Waals surface area contributed by atoms with Crippen LogP contribution in [-0.2, 0) is 4.74 Å². The minimum Gasteiger partial charge on any atom is -0.494 e. The first-order valence-electron chi connectivity index (χ1n) is 10.6. The van der Waals surface area contributed by atoms with Crippen LogP contribution in [-0.4, -0.2) is 19.2 Å². The van der Waals surface area contributed by atoms with E-state index in [0.29, 0.717) is 18.1 Å². The summed E-state index contributed by atoms with van der Waals surface area (Å²) in [6.45, 7) is 7.57. The lowest BCUT2D eigenvalue weighted by Gasteiger charge is -2.09. The predicted octanol–water partition coefficient (Wildman–Crippen LogP) is 6.25. The third-order valence-electron chi connectivity index (χ3n) is 4.79. The molecule has 3 heteroatoms. The SMILES string of the molecule is CCCCCCOc1ccc(C#Cc2ccc(C(=O)OC[C@@H](C)CC)cc2)cc1. The Kier molecular flexibility index (Phi) is 9.86. The maximum absolute atomic E-state index is 12.0. The van der Waals surface area contributed by atoms with Gasteiger partial charge in [-0.25, -0.2) is 4.79 Å². The highest BCUT2D eigenvalue weighted by Gasteiger charge is 2.08. The summed E-state index contributed by atoms with van der Waals surface area (Å²) in [6, 6.07) is 15.1. The minimum atomic E-state index is -0.282. The third-order valence-corrected chi connectivity index (χ3v) is 4.79. The number of unbranched alkanes of at least 4 members (excludes halogenated alkanes) is 3. The lowest BCUT2D eigenvalue weighted by molar-refractivity contribution is 0.0447. The molecule has 0 aliphatic carbocycles. The van der Waals surface area contributed by atoms with E-state index >= 15 is 0 Å². The fourth-order valence-electron chi connectivity index (χ4n) is 2.61. The summed E-state index contributed by atoms with van der Waals surface area (Å²) in [4.78, 5) is 12.0. The average molecular weight is 393 g/mol. The number of hydrogen-bond donors (Lipinski definition) is 0. The Labute approximate surface area is 175 Å². The molecule has 2 rings (SSSR count). The molecule has 0 fully saturated rings. The summed E-state index contributed by atoms with van der Waals surface area (Å²) in [7, 11) is 0. The summed E-state index contributed by atoms with van der Waals surface area (Å²) in [5.74, 6) is 7.25. The number of carbonyl (C=O) groups is 1. The quantitative estimate of drug-likeness (QED) is 0.272. The predicted molar refractivity (Wildman–Crippen MR) is 118 cm³/mol. The lowest BCUT2D eigenvalue weighted by atomic mass is 10.1. The lowest BCUT2D eigenvalue weighted by Crippen LogP contribution is -2.11. The normalized spacial score (nSPS) is 11.3. The van der Waals surface area contributed by atoms with Crippen LogP contribution < -0.4 is 4.74 Å². The largest absolute Gasteiger partial charge is 0.494 e. The fourth-order valence-corrected chi connectivity index (χ4v) is 2.61. The van der Waals surface area contributed by atoms with Gasteiger partial charge in [0.2, 0.25) is 0 Å². The smallest absolute Gasteiger partial charge is 0.338 e. The van der Waals surface area contributed by atoms with Gasteiger partial charge < -0.3 is 9.47 Å². The number of rotatable bonds is 10. The average Bonchev–Trinajstić information content (AvgIpc) is 2.76. The molecule has 1 atom stereocenters. The summed E-state index contributed by atoms with van der Waals surface area (Å²) in [5, 5.41) is 0. The molecule has 0 aromatic heterocycles. The molecule has 2 aromatic rings. The van der Waals surface area contributed by atoms with Gasteiger partial charge in [0.25, 0.3) is 0 Å². The Bertz CT molecular complexity index is 795. The van der Waals surface area contributed by atoms with Crippen molar-refractivity contribution in [1.82, 2.24) is 0 Å². The van der Waals surface area contributed by atoms with Gasteiger partial charge in [0.1, 0.15) is 5.75 Å². The van der Waals surface area contributed by atoms with E-state index in [-0.39, 0.29) is 5.97 Å². The highest BCUT2D eigenvalue weighted by molar-refractivity contribution is 5.89. The molecule has 0 radical (unpaired) electrons. The van der Waals surface area contributed by atoms with Gasteiger partial charge >= 0.3 is 5.97 Å². The van der Waals surface area contributed by atoms with Gasteiger partial charge in [-0.2, -0.15) is 0 Å². The molecular weight excluding hydrogens is 360 g/mol. The van der Waals surface area contributed by atoms with Crippen LogP contribution in [0.5, 0.6) is 5.75 Å². The summed E-state index contributed by atoms with van der Waals surface area (Å²) in [5.41, 5.74) is 2.35. The zero-order valence-electron chi connectivity index (χ0n) is 17.9. The fraction of sp³-hybridized carbons (Fsp3) is 0.423. The van der Waals surface area contributed by atoms with Gasteiger partial charge in [-0.3, -0.25) is 0 Å². The van der Waals surface area contributed by atoms with Crippen molar-refractivity contribution in [3.63, 3.8) is 0 Å². The van der Waals surface area contributed by atoms with Crippen LogP contribution >= 0.6 is 0 Å². The molecule has 0 saturated heterocycles. The van der Waals surface area contributed by atoms with Crippen molar-refractivity contribution in [1.29, 1.82) is 0 Å². The molecule has 0 amide bonds. The van der Waals surface area contributed by atoms with Crippen molar-refractivity contribution in [2.24, 2.45) is 5.92 Å². The molecule has 0 aliphatic heterocycles. The Morgan fingerprint density at radius 1 is 0.897 bits per heavy atom. The van der Waals surface area contributed by atoms with Crippen molar-refractivity contribution in [3.8, 4) is 17.6 Å². The molecule has 29 heavy (non-hydrogen) atoms. The third kappa shape index (κ3) is 8.44. The summed E-state index contributed by atoms with van der Waals surface area (Å²) < 4.78 is 11.1. The van der Waals surface area contributed by atoms with Gasteiger partial charge in [-0.05, 0) is 60.9 Å². The number of esters is 1. The van der Waals surface area contributed by atoms with E-state index < -0.39 is 0 Å². The van der Waals surface area contributed by atoms with Crippen LogP contribution in [0.4, 0.5) is 0 Å². The summed E-state index contributed by atoms with van der Waals surface area (Å²) >= 11 is 0. The van der Waals surface area contributed by atoms with Crippen LogP contribution in [0.25, 0.3) is 0 Å². The Balaban J connectivity index is 1.85. The van der Waals surface area contributed by atoms with Crippen LogP contribution in [0.15, 0.2) is 48.5 Å². The number of hydrogen-bond acceptors (Lipinski definition) is 3. The Morgan fingerprint density at radius 3 is 2.10 bits per heavy atom. The standard InChI is InChI=1S/C26H32O3/c1-4-6-7-8-19-28-25-17-13-23(14-18-25)10-9-22-11-15-24(16-12-22)26(27)29-20-21(3)5-2/h11-18,21H,4-8,19-20H2,1-3H3/t21-/m0/s1. The molecule has 0 N–H and O–H groups in total. The molecular formula is C26H32O3. The number of carbonyl (C=O) groups excluding carboxylic acids is 1. The van der Waals surface area contributed by atoms with E-state index in [2.05, 4.69) is 32.6 Å². The maximum Gasteiger partial charge on any atom is 0.338 e. The molecule has 2 aromatic carbocycles. The molecule has 0 saturated carbocycles. The Morgan fingerprint density at radius 2 is 1.52 bits per heavy atom. The van der Waals surface area contributed by atoms with Crippen LogP contribution in [0.1, 0.15) is 74.4 Å². The highest BCUT2D eigenvalue weighted by atomic mass is 16.5. The first-order chi connectivity index (χ1) is 14.1. The van der Waals surface area contributed by atoms with Crippen molar-refractivity contribution >= 4 is 5.97 Å².